The summed E-state index contributed by atoms with van der Waals surface area (Å²) in [5, 5.41) is 3.51. The molecule has 0 aliphatic carbocycles. The molecule has 1 atom stereocenters. The predicted molar refractivity (Wildman–Crippen MR) is 103 cm³/mol. The highest BCUT2D eigenvalue weighted by molar-refractivity contribution is 5.82. The van der Waals surface area contributed by atoms with Crippen LogP contribution in [-0.4, -0.2) is 60.0 Å². The van der Waals surface area contributed by atoms with Crippen molar-refractivity contribution in [2.75, 3.05) is 26.7 Å². The topological polar surface area (TPSA) is 35.6 Å². The van der Waals surface area contributed by atoms with Crippen LogP contribution in [0.4, 0.5) is 0 Å². The number of benzene rings is 1. The second-order valence-corrected chi connectivity index (χ2v) is 8.20. The molecule has 1 unspecified atom stereocenters. The lowest BCUT2D eigenvalue weighted by Gasteiger charge is -2.44. The maximum absolute atomic E-state index is 13.0. The Morgan fingerprint density at radius 3 is 2.44 bits per heavy atom. The molecule has 1 amide bonds. The minimum atomic E-state index is -0.104. The number of likely N-dealkylation sites (N-methyl/N-ethyl adjacent to an activating group) is 1. The zero-order chi connectivity index (χ0) is 17.9. The molecule has 2 heterocycles. The Labute approximate surface area is 152 Å². The van der Waals surface area contributed by atoms with Crippen molar-refractivity contribution in [3.63, 3.8) is 0 Å². The van der Waals surface area contributed by atoms with Crippen molar-refractivity contribution >= 4 is 5.91 Å². The third-order valence-corrected chi connectivity index (χ3v) is 6.08. The van der Waals surface area contributed by atoms with E-state index in [4.69, 9.17) is 0 Å². The smallest absolute Gasteiger partial charge is 0.237 e. The molecule has 0 spiro atoms. The number of carbonyl (C=O) groups excluding carboxylic acids is 1. The largest absolute Gasteiger partial charge is 0.349 e. The quantitative estimate of drug-likeness (QED) is 0.893. The van der Waals surface area contributed by atoms with E-state index in [-0.39, 0.29) is 17.5 Å². The van der Waals surface area contributed by atoms with Crippen LogP contribution >= 0.6 is 0 Å². The summed E-state index contributed by atoms with van der Waals surface area (Å²) in [6, 6.07) is 11.2. The van der Waals surface area contributed by atoms with Crippen molar-refractivity contribution < 1.29 is 4.79 Å². The second kappa shape index (κ2) is 7.88. The number of amides is 1. The van der Waals surface area contributed by atoms with E-state index in [2.05, 4.69) is 66.3 Å². The van der Waals surface area contributed by atoms with E-state index in [0.29, 0.717) is 6.04 Å². The van der Waals surface area contributed by atoms with Crippen LogP contribution in [0.2, 0.25) is 0 Å². The third kappa shape index (κ3) is 4.42. The van der Waals surface area contributed by atoms with Crippen molar-refractivity contribution in [3.8, 4) is 0 Å². The van der Waals surface area contributed by atoms with Gasteiger partial charge in [0.2, 0.25) is 5.91 Å². The SMILES string of the molecule is CC(C)N1CCC(Cc2ccccc2)(NC(=O)C2CCCN2C)CC1. The van der Waals surface area contributed by atoms with Crippen LogP contribution in [0, 0.1) is 0 Å². The molecule has 0 radical (unpaired) electrons. The molecule has 4 heteroatoms. The summed E-state index contributed by atoms with van der Waals surface area (Å²) in [5.74, 6) is 0.230. The average Bonchev–Trinajstić information content (AvgIpc) is 3.02. The Balaban J connectivity index is 1.74. The van der Waals surface area contributed by atoms with Gasteiger partial charge in [0.15, 0.2) is 0 Å². The number of hydrogen-bond acceptors (Lipinski definition) is 3. The Hall–Kier alpha value is -1.39. The maximum atomic E-state index is 13.0. The number of rotatable bonds is 5. The highest BCUT2D eigenvalue weighted by Gasteiger charge is 2.39. The van der Waals surface area contributed by atoms with Gasteiger partial charge >= 0.3 is 0 Å². The molecule has 1 N–H and O–H groups in total. The van der Waals surface area contributed by atoms with E-state index < -0.39 is 0 Å². The normalized spacial score (nSPS) is 24.6. The van der Waals surface area contributed by atoms with Crippen LogP contribution in [0.1, 0.15) is 45.1 Å². The number of piperidine rings is 1. The first-order chi connectivity index (χ1) is 12.0. The predicted octanol–water partition coefficient (Wildman–Crippen LogP) is 2.68. The monoisotopic (exact) mass is 343 g/mol. The standard InChI is InChI=1S/C21H33N3O/c1-17(2)24-14-11-21(12-15-24,16-18-8-5-4-6-9-18)22-20(25)19-10-7-13-23(19)3/h4-6,8-9,17,19H,7,10-16H2,1-3H3,(H,22,25). The molecular weight excluding hydrogens is 310 g/mol. The van der Waals surface area contributed by atoms with Crippen molar-refractivity contribution in [1.82, 2.24) is 15.1 Å². The van der Waals surface area contributed by atoms with Crippen LogP contribution in [0.3, 0.4) is 0 Å². The molecular formula is C21H33N3O. The average molecular weight is 344 g/mol. The summed E-state index contributed by atoms with van der Waals surface area (Å²) >= 11 is 0. The van der Waals surface area contributed by atoms with Gasteiger partial charge in [-0.25, -0.2) is 0 Å². The van der Waals surface area contributed by atoms with E-state index >= 15 is 0 Å². The number of likely N-dealkylation sites (tertiary alicyclic amines) is 2. The minimum absolute atomic E-state index is 0.0516. The van der Waals surface area contributed by atoms with Crippen LogP contribution < -0.4 is 5.32 Å². The van der Waals surface area contributed by atoms with E-state index in [9.17, 15) is 4.79 Å². The molecule has 138 valence electrons. The van der Waals surface area contributed by atoms with E-state index in [1.165, 1.54) is 5.56 Å². The third-order valence-electron chi connectivity index (χ3n) is 6.08. The first-order valence-corrected chi connectivity index (χ1v) is 9.79. The Kier molecular flexibility index (Phi) is 5.80. The van der Waals surface area contributed by atoms with Gasteiger partial charge in [-0.15, -0.1) is 0 Å². The zero-order valence-corrected chi connectivity index (χ0v) is 16.0. The number of carbonyl (C=O) groups is 1. The van der Waals surface area contributed by atoms with Gasteiger partial charge in [0.1, 0.15) is 0 Å². The van der Waals surface area contributed by atoms with E-state index in [1.54, 1.807) is 0 Å². The highest BCUT2D eigenvalue weighted by atomic mass is 16.2. The molecule has 0 bridgehead atoms. The van der Waals surface area contributed by atoms with Crippen molar-refractivity contribution in [2.45, 2.75) is 63.6 Å². The molecule has 4 nitrogen and oxygen atoms in total. The summed E-state index contributed by atoms with van der Waals surface area (Å²) in [6.45, 7) is 7.67. The zero-order valence-electron chi connectivity index (χ0n) is 16.0. The minimum Gasteiger partial charge on any atom is -0.349 e. The Morgan fingerprint density at radius 1 is 1.20 bits per heavy atom. The van der Waals surface area contributed by atoms with Gasteiger partial charge in [0.05, 0.1) is 6.04 Å². The number of nitrogens with zero attached hydrogens (tertiary/aromatic N) is 2. The van der Waals surface area contributed by atoms with E-state index in [0.717, 1.165) is 51.7 Å². The Morgan fingerprint density at radius 2 is 1.88 bits per heavy atom. The van der Waals surface area contributed by atoms with Gasteiger partial charge in [-0.3, -0.25) is 9.69 Å². The fourth-order valence-electron chi connectivity index (χ4n) is 4.39. The molecule has 3 rings (SSSR count). The molecule has 2 aliphatic heterocycles. The van der Waals surface area contributed by atoms with Gasteiger partial charge in [0.25, 0.3) is 0 Å². The lowest BCUT2D eigenvalue weighted by atomic mass is 9.81. The van der Waals surface area contributed by atoms with Crippen molar-refractivity contribution in [1.29, 1.82) is 0 Å². The molecule has 2 aliphatic rings. The summed E-state index contributed by atoms with van der Waals surface area (Å²) in [7, 11) is 2.07. The van der Waals surface area contributed by atoms with Gasteiger partial charge in [0, 0.05) is 24.7 Å². The number of nitrogens with one attached hydrogen (secondary N) is 1. The first kappa shape index (κ1) is 18.4. The summed E-state index contributed by atoms with van der Waals surface area (Å²) in [5.41, 5.74) is 1.22. The van der Waals surface area contributed by atoms with Gasteiger partial charge in [-0.05, 0) is 65.1 Å². The fraction of sp³-hybridized carbons (Fsp3) is 0.667. The summed E-state index contributed by atoms with van der Waals surface area (Å²) < 4.78 is 0. The van der Waals surface area contributed by atoms with Crippen LogP contribution in [-0.2, 0) is 11.2 Å². The molecule has 2 fully saturated rings. The van der Waals surface area contributed by atoms with Gasteiger partial charge in [-0.1, -0.05) is 30.3 Å². The summed E-state index contributed by atoms with van der Waals surface area (Å²) in [4.78, 5) is 17.7. The molecule has 0 saturated carbocycles. The second-order valence-electron chi connectivity index (χ2n) is 8.20. The summed E-state index contributed by atoms with van der Waals surface area (Å²) in [6.07, 6.45) is 5.11. The van der Waals surface area contributed by atoms with E-state index in [1.807, 2.05) is 0 Å². The molecule has 2 saturated heterocycles. The van der Waals surface area contributed by atoms with Crippen LogP contribution in [0.5, 0.6) is 0 Å². The number of hydrogen-bond donors (Lipinski definition) is 1. The fourth-order valence-corrected chi connectivity index (χ4v) is 4.39. The highest BCUT2D eigenvalue weighted by Crippen LogP contribution is 2.28. The van der Waals surface area contributed by atoms with Crippen molar-refractivity contribution in [2.24, 2.45) is 0 Å². The van der Waals surface area contributed by atoms with Crippen molar-refractivity contribution in [3.05, 3.63) is 35.9 Å². The lowest BCUT2D eigenvalue weighted by Crippen LogP contribution is -2.60. The maximum Gasteiger partial charge on any atom is 0.237 e. The van der Waals surface area contributed by atoms with Gasteiger partial charge in [-0.2, -0.15) is 0 Å². The molecule has 1 aromatic carbocycles. The molecule has 1 aromatic rings. The first-order valence-electron chi connectivity index (χ1n) is 9.79. The molecule has 0 aromatic heterocycles. The van der Waals surface area contributed by atoms with Gasteiger partial charge < -0.3 is 10.2 Å². The lowest BCUT2D eigenvalue weighted by molar-refractivity contribution is -0.127. The van der Waals surface area contributed by atoms with Crippen LogP contribution in [0.25, 0.3) is 0 Å². The Bertz CT molecular complexity index is 564. The molecule has 25 heavy (non-hydrogen) atoms. The van der Waals surface area contributed by atoms with Crippen LogP contribution in [0.15, 0.2) is 30.3 Å².